The molecule has 1 aliphatic heterocycles. The number of amides is 1. The summed E-state index contributed by atoms with van der Waals surface area (Å²) in [5.74, 6) is -0.809. The predicted molar refractivity (Wildman–Crippen MR) is 85.1 cm³/mol. The lowest BCUT2D eigenvalue weighted by molar-refractivity contribution is -0.0229. The molecular weight excluding hydrogens is 349 g/mol. The molecule has 0 saturated carbocycles. The van der Waals surface area contributed by atoms with Crippen LogP contribution in [0.3, 0.4) is 0 Å². The number of ether oxygens (including phenoxy) is 1. The lowest BCUT2D eigenvalue weighted by Gasteiger charge is -2.33. The van der Waals surface area contributed by atoms with Crippen LogP contribution in [0.25, 0.3) is 0 Å². The summed E-state index contributed by atoms with van der Waals surface area (Å²) in [6.07, 6.45) is -0.169. The highest BCUT2D eigenvalue weighted by Gasteiger charge is 2.27. The van der Waals surface area contributed by atoms with Crippen LogP contribution in [0, 0.1) is 5.82 Å². The summed E-state index contributed by atoms with van der Waals surface area (Å²) in [4.78, 5) is 14.2. The van der Waals surface area contributed by atoms with Crippen LogP contribution >= 0.6 is 15.9 Å². The van der Waals surface area contributed by atoms with E-state index in [1.807, 2.05) is 30.3 Å². The van der Waals surface area contributed by atoms with E-state index in [4.69, 9.17) is 4.74 Å². The third-order valence-electron chi connectivity index (χ3n) is 3.69. The van der Waals surface area contributed by atoms with E-state index in [1.165, 1.54) is 12.1 Å². The summed E-state index contributed by atoms with van der Waals surface area (Å²) in [7, 11) is 0. The zero-order valence-electron chi connectivity index (χ0n) is 11.8. The van der Waals surface area contributed by atoms with Gasteiger partial charge in [-0.05, 0) is 23.8 Å². The van der Waals surface area contributed by atoms with Gasteiger partial charge in [0.25, 0.3) is 5.91 Å². The van der Waals surface area contributed by atoms with Gasteiger partial charge in [-0.25, -0.2) is 4.39 Å². The van der Waals surface area contributed by atoms with Gasteiger partial charge in [0, 0.05) is 11.0 Å². The zero-order valence-corrected chi connectivity index (χ0v) is 13.4. The van der Waals surface area contributed by atoms with Crippen molar-refractivity contribution in [2.24, 2.45) is 0 Å². The van der Waals surface area contributed by atoms with Gasteiger partial charge >= 0.3 is 0 Å². The Balaban J connectivity index is 1.78. The highest BCUT2D eigenvalue weighted by molar-refractivity contribution is 9.10. The average molecular weight is 364 g/mol. The number of nitrogens with zero attached hydrogens (tertiary/aromatic N) is 1. The van der Waals surface area contributed by atoms with E-state index >= 15 is 0 Å². The van der Waals surface area contributed by atoms with Gasteiger partial charge < -0.3 is 9.64 Å². The van der Waals surface area contributed by atoms with Crippen LogP contribution in [0.5, 0.6) is 0 Å². The molecule has 0 bridgehead atoms. The van der Waals surface area contributed by atoms with Crippen molar-refractivity contribution in [1.29, 1.82) is 0 Å². The van der Waals surface area contributed by atoms with Crippen LogP contribution in [-0.4, -0.2) is 30.5 Å². The first-order chi connectivity index (χ1) is 10.6. The van der Waals surface area contributed by atoms with Gasteiger partial charge in [-0.2, -0.15) is 0 Å². The molecule has 1 atom stereocenters. The Morgan fingerprint density at radius 2 is 2.00 bits per heavy atom. The first kappa shape index (κ1) is 15.2. The standard InChI is InChI=1S/C17H15BrFNO2/c18-13-6-7-14(15(19)10-13)17(21)20-8-9-22-16(11-20)12-4-2-1-3-5-12/h1-7,10,16H,8-9,11H2. The second-order valence-corrected chi connectivity index (χ2v) is 6.06. The molecule has 0 radical (unpaired) electrons. The number of carbonyl (C=O) groups is 1. The molecule has 22 heavy (non-hydrogen) atoms. The molecule has 2 aromatic rings. The predicted octanol–water partition coefficient (Wildman–Crippen LogP) is 3.80. The van der Waals surface area contributed by atoms with Crippen molar-refractivity contribution in [3.05, 3.63) is 69.9 Å². The number of carbonyl (C=O) groups excluding carboxylic acids is 1. The quantitative estimate of drug-likeness (QED) is 0.811. The minimum atomic E-state index is -0.512. The maximum atomic E-state index is 14.0. The van der Waals surface area contributed by atoms with Crippen molar-refractivity contribution < 1.29 is 13.9 Å². The van der Waals surface area contributed by atoms with Crippen molar-refractivity contribution >= 4 is 21.8 Å². The molecule has 2 aromatic carbocycles. The molecule has 3 rings (SSSR count). The van der Waals surface area contributed by atoms with E-state index in [1.54, 1.807) is 11.0 Å². The number of rotatable bonds is 2. The maximum Gasteiger partial charge on any atom is 0.257 e. The Bertz CT molecular complexity index is 678. The molecule has 1 unspecified atom stereocenters. The molecule has 3 nitrogen and oxygen atoms in total. The Hall–Kier alpha value is -1.72. The molecule has 0 spiro atoms. The molecule has 0 aliphatic carbocycles. The highest BCUT2D eigenvalue weighted by Crippen LogP contribution is 2.24. The van der Waals surface area contributed by atoms with Gasteiger partial charge in [0.15, 0.2) is 0 Å². The van der Waals surface area contributed by atoms with Crippen LogP contribution in [0.4, 0.5) is 4.39 Å². The fourth-order valence-electron chi connectivity index (χ4n) is 2.54. The first-order valence-corrected chi connectivity index (χ1v) is 7.85. The molecule has 0 N–H and O–H groups in total. The van der Waals surface area contributed by atoms with Crippen molar-refractivity contribution in [3.8, 4) is 0 Å². The third kappa shape index (κ3) is 3.20. The molecule has 1 saturated heterocycles. The van der Waals surface area contributed by atoms with E-state index in [0.717, 1.165) is 5.56 Å². The normalized spacial score (nSPS) is 18.3. The lowest BCUT2D eigenvalue weighted by atomic mass is 10.1. The molecule has 0 aromatic heterocycles. The van der Waals surface area contributed by atoms with Crippen LogP contribution in [-0.2, 0) is 4.74 Å². The zero-order chi connectivity index (χ0) is 15.5. The van der Waals surface area contributed by atoms with Gasteiger partial charge in [-0.1, -0.05) is 46.3 Å². The average Bonchev–Trinajstić information content (AvgIpc) is 2.55. The Morgan fingerprint density at radius 1 is 1.23 bits per heavy atom. The van der Waals surface area contributed by atoms with Crippen molar-refractivity contribution in [2.45, 2.75) is 6.10 Å². The fraction of sp³-hybridized carbons (Fsp3) is 0.235. The number of hydrogen-bond acceptors (Lipinski definition) is 2. The minimum absolute atomic E-state index is 0.0944. The topological polar surface area (TPSA) is 29.5 Å². The minimum Gasteiger partial charge on any atom is -0.370 e. The maximum absolute atomic E-state index is 14.0. The first-order valence-electron chi connectivity index (χ1n) is 7.06. The van der Waals surface area contributed by atoms with Gasteiger partial charge in [0.05, 0.1) is 18.7 Å². The van der Waals surface area contributed by atoms with Gasteiger partial charge in [-0.3, -0.25) is 4.79 Å². The van der Waals surface area contributed by atoms with Crippen LogP contribution in [0.1, 0.15) is 22.0 Å². The largest absolute Gasteiger partial charge is 0.370 e. The summed E-state index contributed by atoms with van der Waals surface area (Å²) >= 11 is 3.20. The summed E-state index contributed by atoms with van der Waals surface area (Å²) in [5, 5.41) is 0. The monoisotopic (exact) mass is 363 g/mol. The highest BCUT2D eigenvalue weighted by atomic mass is 79.9. The molecule has 114 valence electrons. The second kappa shape index (κ2) is 6.58. The van der Waals surface area contributed by atoms with Crippen LogP contribution in [0.2, 0.25) is 0 Å². The molecule has 5 heteroatoms. The van der Waals surface area contributed by atoms with Crippen molar-refractivity contribution in [1.82, 2.24) is 4.90 Å². The molecule has 1 amide bonds. The van der Waals surface area contributed by atoms with E-state index < -0.39 is 5.82 Å². The van der Waals surface area contributed by atoms with Crippen molar-refractivity contribution in [3.63, 3.8) is 0 Å². The number of hydrogen-bond donors (Lipinski definition) is 0. The number of benzene rings is 2. The Morgan fingerprint density at radius 3 is 2.73 bits per heavy atom. The van der Waals surface area contributed by atoms with Crippen LogP contribution in [0.15, 0.2) is 53.0 Å². The van der Waals surface area contributed by atoms with E-state index in [-0.39, 0.29) is 17.6 Å². The fourth-order valence-corrected chi connectivity index (χ4v) is 2.87. The molecule has 1 fully saturated rings. The number of morpholine rings is 1. The third-order valence-corrected chi connectivity index (χ3v) is 4.18. The summed E-state index contributed by atoms with van der Waals surface area (Å²) < 4.78 is 20.3. The second-order valence-electron chi connectivity index (χ2n) is 5.15. The molecule has 1 aliphatic rings. The lowest BCUT2D eigenvalue weighted by Crippen LogP contribution is -2.42. The Kier molecular flexibility index (Phi) is 4.55. The summed E-state index contributed by atoms with van der Waals surface area (Å²) in [5.41, 5.74) is 1.12. The van der Waals surface area contributed by atoms with Gasteiger partial charge in [0.2, 0.25) is 0 Å². The van der Waals surface area contributed by atoms with E-state index in [9.17, 15) is 9.18 Å². The Labute approximate surface area is 136 Å². The molecule has 1 heterocycles. The summed E-state index contributed by atoms with van der Waals surface area (Å²) in [6, 6.07) is 14.2. The summed E-state index contributed by atoms with van der Waals surface area (Å²) in [6.45, 7) is 1.35. The SMILES string of the molecule is O=C(c1ccc(Br)cc1F)N1CCOC(c2ccccc2)C1. The van der Waals surface area contributed by atoms with E-state index in [2.05, 4.69) is 15.9 Å². The smallest absolute Gasteiger partial charge is 0.257 e. The van der Waals surface area contributed by atoms with Gasteiger partial charge in [0.1, 0.15) is 11.9 Å². The van der Waals surface area contributed by atoms with Gasteiger partial charge in [-0.15, -0.1) is 0 Å². The van der Waals surface area contributed by atoms with E-state index in [0.29, 0.717) is 24.2 Å². The molecular formula is C17H15BrFNO2. The van der Waals surface area contributed by atoms with Crippen LogP contribution < -0.4 is 0 Å². The number of halogens is 2. The van der Waals surface area contributed by atoms with Crippen molar-refractivity contribution in [2.75, 3.05) is 19.7 Å².